The van der Waals surface area contributed by atoms with Crippen LogP contribution in [0.5, 0.6) is 0 Å². The van der Waals surface area contributed by atoms with Crippen molar-refractivity contribution in [1.82, 2.24) is 0 Å². The van der Waals surface area contributed by atoms with E-state index in [-0.39, 0.29) is 0 Å². The van der Waals surface area contributed by atoms with Gasteiger partial charge < -0.3 is 5.11 Å². The summed E-state index contributed by atoms with van der Waals surface area (Å²) >= 11 is 0. The molecule has 0 aromatic carbocycles. The van der Waals surface area contributed by atoms with Gasteiger partial charge in [0.2, 0.25) is 0 Å². The molecule has 0 aliphatic heterocycles. The topological polar surface area (TPSA) is 20.2 Å². The lowest BCUT2D eigenvalue weighted by Gasteiger charge is -1.98. The molecule has 18 heavy (non-hydrogen) atoms. The minimum absolute atomic E-state index is 0.748. The number of hydrogen-bond donors (Lipinski definition) is 1. The largest absolute Gasteiger partial charge is 0.377 e. The van der Waals surface area contributed by atoms with Crippen molar-refractivity contribution in [3.63, 3.8) is 0 Å². The maximum atomic E-state index is 9.06. The molecule has 1 nitrogen and oxygen atoms in total. The Morgan fingerprint density at radius 3 is 2.22 bits per heavy atom. The summed E-state index contributed by atoms with van der Waals surface area (Å²) < 4.78 is 0. The molecular formula is C17H26O. The van der Waals surface area contributed by atoms with E-state index in [1.165, 1.54) is 51.0 Å². The summed E-state index contributed by atoms with van der Waals surface area (Å²) in [5.41, 5.74) is 0. The lowest BCUT2D eigenvalue weighted by molar-refractivity contribution is 0.281. The highest BCUT2D eigenvalue weighted by atomic mass is 16.3. The van der Waals surface area contributed by atoms with Gasteiger partial charge in [-0.15, -0.1) is 0 Å². The first kappa shape index (κ1) is 16.8. The van der Waals surface area contributed by atoms with Crippen molar-refractivity contribution in [2.24, 2.45) is 0 Å². The maximum Gasteiger partial charge on any atom is 0.134 e. The summed E-state index contributed by atoms with van der Waals surface area (Å²) in [5.74, 6) is 11.0. The summed E-state index contributed by atoms with van der Waals surface area (Å²) in [6, 6.07) is 0. The molecule has 1 heteroatoms. The lowest BCUT2D eigenvalue weighted by atomic mass is 10.1. The Labute approximate surface area is 113 Å². The highest BCUT2D eigenvalue weighted by molar-refractivity contribution is 5.28. The van der Waals surface area contributed by atoms with Gasteiger partial charge in [0.15, 0.2) is 0 Å². The first-order valence-corrected chi connectivity index (χ1v) is 7.10. The summed E-state index contributed by atoms with van der Waals surface area (Å²) in [4.78, 5) is 0. The number of unbranched alkanes of at least 4 members (excludes halogenated alkanes) is 8. The third-order valence-electron chi connectivity index (χ3n) is 2.75. The van der Waals surface area contributed by atoms with Crippen molar-refractivity contribution < 1.29 is 5.11 Å². The molecule has 0 aromatic heterocycles. The minimum Gasteiger partial charge on any atom is -0.377 e. The van der Waals surface area contributed by atoms with Gasteiger partial charge in [0, 0.05) is 6.42 Å². The molecule has 0 amide bonds. The SMILES string of the molecule is C=C[C@@H](O)C#CC#CCCCCCCCCCC. The zero-order valence-electron chi connectivity index (χ0n) is 11.7. The summed E-state index contributed by atoms with van der Waals surface area (Å²) in [5, 5.41) is 9.06. The van der Waals surface area contributed by atoms with Crippen LogP contribution in [0.4, 0.5) is 0 Å². The molecule has 0 radical (unpaired) electrons. The Morgan fingerprint density at radius 1 is 1.00 bits per heavy atom. The van der Waals surface area contributed by atoms with Crippen LogP contribution in [0.15, 0.2) is 12.7 Å². The molecule has 1 N–H and O–H groups in total. The third-order valence-corrected chi connectivity index (χ3v) is 2.75. The van der Waals surface area contributed by atoms with Crippen LogP contribution in [0.3, 0.4) is 0 Å². The van der Waals surface area contributed by atoms with E-state index in [1.807, 2.05) is 0 Å². The Morgan fingerprint density at radius 2 is 1.61 bits per heavy atom. The smallest absolute Gasteiger partial charge is 0.134 e. The molecule has 0 saturated carbocycles. The van der Waals surface area contributed by atoms with Gasteiger partial charge in [-0.1, -0.05) is 76.4 Å². The van der Waals surface area contributed by atoms with Gasteiger partial charge in [0.1, 0.15) is 6.10 Å². The van der Waals surface area contributed by atoms with E-state index in [1.54, 1.807) is 0 Å². The van der Waals surface area contributed by atoms with Crippen LogP contribution in [-0.2, 0) is 0 Å². The Bertz CT molecular complexity index is 308. The zero-order valence-corrected chi connectivity index (χ0v) is 11.7. The van der Waals surface area contributed by atoms with Gasteiger partial charge in [-0.25, -0.2) is 0 Å². The molecule has 0 spiro atoms. The molecule has 0 unspecified atom stereocenters. The van der Waals surface area contributed by atoms with Gasteiger partial charge in [0.25, 0.3) is 0 Å². The van der Waals surface area contributed by atoms with E-state index in [0.717, 1.165) is 12.8 Å². The molecule has 0 bridgehead atoms. The highest BCUT2D eigenvalue weighted by Crippen LogP contribution is 2.08. The molecule has 0 aliphatic rings. The summed E-state index contributed by atoms with van der Waals surface area (Å²) in [6.07, 6.45) is 12.1. The quantitative estimate of drug-likeness (QED) is 0.369. The van der Waals surface area contributed by atoms with E-state index in [9.17, 15) is 0 Å². The van der Waals surface area contributed by atoms with Crippen LogP contribution in [-0.4, -0.2) is 11.2 Å². The molecule has 1 atom stereocenters. The van der Waals surface area contributed by atoms with Gasteiger partial charge in [-0.2, -0.15) is 0 Å². The van der Waals surface area contributed by atoms with Gasteiger partial charge in [-0.05, 0) is 18.3 Å². The monoisotopic (exact) mass is 246 g/mol. The second-order valence-corrected chi connectivity index (χ2v) is 4.48. The maximum absolute atomic E-state index is 9.06. The fourth-order valence-electron chi connectivity index (χ4n) is 1.62. The van der Waals surface area contributed by atoms with Crippen molar-refractivity contribution in [2.75, 3.05) is 0 Å². The molecule has 0 fully saturated rings. The molecular weight excluding hydrogens is 220 g/mol. The van der Waals surface area contributed by atoms with Gasteiger partial charge in [-0.3, -0.25) is 0 Å². The molecule has 100 valence electrons. The van der Waals surface area contributed by atoms with E-state index >= 15 is 0 Å². The molecule has 0 aromatic rings. The molecule has 0 rings (SSSR count). The van der Waals surface area contributed by atoms with Crippen LogP contribution < -0.4 is 0 Å². The third kappa shape index (κ3) is 12.9. The lowest BCUT2D eigenvalue weighted by Crippen LogP contribution is -1.94. The predicted octanol–water partition coefficient (Wildman–Crippen LogP) is 4.07. The van der Waals surface area contributed by atoms with Crippen LogP contribution in [0.2, 0.25) is 0 Å². The molecule has 0 heterocycles. The number of hydrogen-bond acceptors (Lipinski definition) is 1. The van der Waals surface area contributed by atoms with E-state index in [2.05, 4.69) is 37.2 Å². The number of aliphatic hydroxyl groups is 1. The fraction of sp³-hybridized carbons (Fsp3) is 0.647. The van der Waals surface area contributed by atoms with Crippen molar-refractivity contribution >= 4 is 0 Å². The predicted molar refractivity (Wildman–Crippen MR) is 79.0 cm³/mol. The first-order chi connectivity index (χ1) is 8.81. The van der Waals surface area contributed by atoms with Crippen molar-refractivity contribution in [2.45, 2.75) is 70.8 Å². The summed E-state index contributed by atoms with van der Waals surface area (Å²) in [7, 11) is 0. The Kier molecular flexibility index (Phi) is 13.0. The zero-order chi connectivity index (χ0) is 13.5. The number of rotatable bonds is 9. The normalized spacial score (nSPS) is 10.8. The average Bonchev–Trinajstić information content (AvgIpc) is 2.39. The van der Waals surface area contributed by atoms with Crippen LogP contribution in [0.1, 0.15) is 64.7 Å². The van der Waals surface area contributed by atoms with Gasteiger partial charge in [0.05, 0.1) is 0 Å². The first-order valence-electron chi connectivity index (χ1n) is 7.10. The van der Waals surface area contributed by atoms with Crippen molar-refractivity contribution in [1.29, 1.82) is 0 Å². The summed E-state index contributed by atoms with van der Waals surface area (Å²) in [6.45, 7) is 5.68. The van der Waals surface area contributed by atoms with Crippen molar-refractivity contribution in [3.8, 4) is 23.7 Å². The second kappa shape index (κ2) is 13.9. The average molecular weight is 246 g/mol. The van der Waals surface area contributed by atoms with Crippen LogP contribution in [0, 0.1) is 23.7 Å². The second-order valence-electron chi connectivity index (χ2n) is 4.48. The van der Waals surface area contributed by atoms with E-state index in [4.69, 9.17) is 5.11 Å². The Hall–Kier alpha value is -1.18. The van der Waals surface area contributed by atoms with Crippen LogP contribution in [0.25, 0.3) is 0 Å². The minimum atomic E-state index is -0.748. The molecule has 0 aliphatic carbocycles. The van der Waals surface area contributed by atoms with Gasteiger partial charge >= 0.3 is 0 Å². The van der Waals surface area contributed by atoms with Crippen LogP contribution >= 0.6 is 0 Å². The highest BCUT2D eigenvalue weighted by Gasteiger charge is 1.90. The Balaban J connectivity index is 3.32. The van der Waals surface area contributed by atoms with E-state index < -0.39 is 6.10 Å². The molecule has 0 saturated heterocycles. The number of aliphatic hydroxyl groups excluding tert-OH is 1. The standard InChI is InChI=1S/C17H26O/c1-3-5-6-7-8-9-10-11-12-13-14-15-16-17(18)4-2/h4,17-18H,2-3,5-12H2,1H3/t17-/m1/s1. The fourth-order valence-corrected chi connectivity index (χ4v) is 1.62. The van der Waals surface area contributed by atoms with E-state index in [0.29, 0.717) is 0 Å². The van der Waals surface area contributed by atoms with Crippen molar-refractivity contribution in [3.05, 3.63) is 12.7 Å².